The third-order valence-corrected chi connectivity index (χ3v) is 3.71. The van der Waals surface area contributed by atoms with Gasteiger partial charge in [-0.3, -0.25) is 9.78 Å². The van der Waals surface area contributed by atoms with Crippen molar-refractivity contribution in [3.8, 4) is 0 Å². The van der Waals surface area contributed by atoms with E-state index in [0.717, 1.165) is 24.8 Å². The number of rotatable bonds is 4. The van der Waals surface area contributed by atoms with E-state index in [0.29, 0.717) is 25.8 Å². The zero-order valence-corrected chi connectivity index (χ0v) is 11.5. The third-order valence-electron chi connectivity index (χ3n) is 3.71. The average molecular weight is 276 g/mol. The SMILES string of the molecule is O=C(O)C1CCCCCN1C(=O)CCc1cccnc1. The molecule has 20 heavy (non-hydrogen) atoms. The van der Waals surface area contributed by atoms with Crippen molar-refractivity contribution in [1.29, 1.82) is 0 Å². The molecule has 5 nitrogen and oxygen atoms in total. The Hall–Kier alpha value is -1.91. The van der Waals surface area contributed by atoms with Crippen LogP contribution in [0.15, 0.2) is 24.5 Å². The molecule has 1 fully saturated rings. The predicted octanol–water partition coefficient (Wildman–Crippen LogP) is 1.87. The van der Waals surface area contributed by atoms with Crippen LogP contribution in [0.1, 0.15) is 37.7 Å². The molecule has 0 saturated carbocycles. The lowest BCUT2D eigenvalue weighted by atomic mass is 10.1. The van der Waals surface area contributed by atoms with E-state index in [2.05, 4.69) is 4.98 Å². The number of aromatic nitrogens is 1. The molecule has 1 aliphatic rings. The third kappa shape index (κ3) is 3.79. The van der Waals surface area contributed by atoms with Crippen LogP contribution in [0.3, 0.4) is 0 Å². The van der Waals surface area contributed by atoms with E-state index in [1.807, 2.05) is 12.1 Å². The summed E-state index contributed by atoms with van der Waals surface area (Å²) in [6, 6.07) is 3.11. The van der Waals surface area contributed by atoms with Crippen LogP contribution in [0.2, 0.25) is 0 Å². The molecule has 0 aromatic carbocycles. The Balaban J connectivity index is 1.96. The molecule has 1 aliphatic heterocycles. The second-order valence-electron chi connectivity index (χ2n) is 5.15. The molecule has 1 aromatic heterocycles. The van der Waals surface area contributed by atoms with Crippen LogP contribution >= 0.6 is 0 Å². The maximum Gasteiger partial charge on any atom is 0.326 e. The van der Waals surface area contributed by atoms with E-state index in [1.165, 1.54) is 0 Å². The molecule has 1 N–H and O–H groups in total. The number of amides is 1. The highest BCUT2D eigenvalue weighted by atomic mass is 16.4. The summed E-state index contributed by atoms with van der Waals surface area (Å²) >= 11 is 0. The number of nitrogens with zero attached hydrogens (tertiary/aromatic N) is 2. The predicted molar refractivity (Wildman–Crippen MR) is 74.2 cm³/mol. The molecule has 1 saturated heterocycles. The van der Waals surface area contributed by atoms with Crippen molar-refractivity contribution in [2.24, 2.45) is 0 Å². The van der Waals surface area contributed by atoms with E-state index < -0.39 is 12.0 Å². The molecular formula is C15H20N2O3. The highest BCUT2D eigenvalue weighted by molar-refractivity contribution is 5.83. The smallest absolute Gasteiger partial charge is 0.326 e. The summed E-state index contributed by atoms with van der Waals surface area (Å²) < 4.78 is 0. The second-order valence-corrected chi connectivity index (χ2v) is 5.15. The van der Waals surface area contributed by atoms with Gasteiger partial charge in [0.15, 0.2) is 0 Å². The van der Waals surface area contributed by atoms with E-state index >= 15 is 0 Å². The van der Waals surface area contributed by atoms with Crippen molar-refractivity contribution in [3.63, 3.8) is 0 Å². The van der Waals surface area contributed by atoms with Crippen LogP contribution in [-0.4, -0.2) is 39.5 Å². The molecular weight excluding hydrogens is 256 g/mol. The van der Waals surface area contributed by atoms with Crippen molar-refractivity contribution in [3.05, 3.63) is 30.1 Å². The fourth-order valence-electron chi connectivity index (χ4n) is 2.60. The quantitative estimate of drug-likeness (QED) is 0.911. The Morgan fingerprint density at radius 2 is 2.20 bits per heavy atom. The Bertz CT molecular complexity index is 461. The van der Waals surface area contributed by atoms with Crippen molar-refractivity contribution >= 4 is 11.9 Å². The van der Waals surface area contributed by atoms with Gasteiger partial charge >= 0.3 is 5.97 Å². The molecule has 1 amide bonds. The molecule has 1 atom stereocenters. The fraction of sp³-hybridized carbons (Fsp3) is 0.533. The first kappa shape index (κ1) is 14.5. The molecule has 0 radical (unpaired) electrons. The largest absolute Gasteiger partial charge is 0.480 e. The molecule has 2 rings (SSSR count). The minimum Gasteiger partial charge on any atom is -0.480 e. The van der Waals surface area contributed by atoms with E-state index in [9.17, 15) is 14.7 Å². The summed E-state index contributed by atoms with van der Waals surface area (Å²) in [5.74, 6) is -0.954. The number of hydrogen-bond donors (Lipinski definition) is 1. The topological polar surface area (TPSA) is 70.5 Å². The molecule has 0 bridgehead atoms. The normalized spacial score (nSPS) is 19.4. The first-order valence-electron chi connectivity index (χ1n) is 7.09. The van der Waals surface area contributed by atoms with Gasteiger partial charge in [0.2, 0.25) is 5.91 Å². The monoisotopic (exact) mass is 276 g/mol. The standard InChI is InChI=1S/C15H20N2O3/c18-14(8-7-12-5-4-9-16-11-12)17-10-3-1-2-6-13(17)15(19)20/h4-5,9,11,13H,1-3,6-8,10H2,(H,19,20). The van der Waals surface area contributed by atoms with E-state index in [4.69, 9.17) is 0 Å². The number of carbonyl (C=O) groups excluding carboxylic acids is 1. The van der Waals surface area contributed by atoms with Gasteiger partial charge < -0.3 is 10.0 Å². The number of hydrogen-bond acceptors (Lipinski definition) is 3. The summed E-state index contributed by atoms with van der Waals surface area (Å²) in [5.41, 5.74) is 1.00. The lowest BCUT2D eigenvalue weighted by Crippen LogP contribution is -2.44. The lowest BCUT2D eigenvalue weighted by Gasteiger charge is -2.27. The summed E-state index contributed by atoms with van der Waals surface area (Å²) in [4.78, 5) is 29.1. The van der Waals surface area contributed by atoms with Gasteiger partial charge in [0.1, 0.15) is 6.04 Å². The lowest BCUT2D eigenvalue weighted by molar-refractivity contribution is -0.150. The Kier molecular flexibility index (Phi) is 5.09. The Labute approximate surface area is 118 Å². The number of likely N-dealkylation sites (tertiary alicyclic amines) is 1. The van der Waals surface area contributed by atoms with Gasteiger partial charge in [0.25, 0.3) is 0 Å². The van der Waals surface area contributed by atoms with Crippen LogP contribution in [0, 0.1) is 0 Å². The van der Waals surface area contributed by atoms with Gasteiger partial charge in [0, 0.05) is 25.4 Å². The van der Waals surface area contributed by atoms with E-state index in [-0.39, 0.29) is 5.91 Å². The molecule has 5 heteroatoms. The van der Waals surface area contributed by atoms with Crippen LogP contribution in [0.4, 0.5) is 0 Å². The summed E-state index contributed by atoms with van der Waals surface area (Å²) in [6.07, 6.45) is 7.71. The minimum absolute atomic E-state index is 0.0665. The molecule has 0 spiro atoms. The van der Waals surface area contributed by atoms with Crippen molar-refractivity contribution in [2.45, 2.75) is 44.6 Å². The van der Waals surface area contributed by atoms with Crippen LogP contribution < -0.4 is 0 Å². The van der Waals surface area contributed by atoms with Gasteiger partial charge in [-0.25, -0.2) is 4.79 Å². The summed E-state index contributed by atoms with van der Waals surface area (Å²) in [7, 11) is 0. The Morgan fingerprint density at radius 1 is 1.35 bits per heavy atom. The Morgan fingerprint density at radius 3 is 2.90 bits per heavy atom. The van der Waals surface area contributed by atoms with Crippen LogP contribution in [-0.2, 0) is 16.0 Å². The average Bonchev–Trinajstić information content (AvgIpc) is 2.71. The number of carboxylic acids is 1. The van der Waals surface area contributed by atoms with Crippen molar-refractivity contribution < 1.29 is 14.7 Å². The summed E-state index contributed by atoms with van der Waals surface area (Å²) in [5, 5.41) is 9.26. The van der Waals surface area contributed by atoms with Gasteiger partial charge in [-0.1, -0.05) is 18.9 Å². The van der Waals surface area contributed by atoms with Crippen LogP contribution in [0.5, 0.6) is 0 Å². The first-order valence-corrected chi connectivity index (χ1v) is 7.09. The molecule has 1 unspecified atom stereocenters. The molecule has 1 aromatic rings. The zero-order chi connectivity index (χ0) is 14.4. The van der Waals surface area contributed by atoms with Crippen LogP contribution in [0.25, 0.3) is 0 Å². The second kappa shape index (κ2) is 7.03. The van der Waals surface area contributed by atoms with Gasteiger partial charge in [-0.2, -0.15) is 0 Å². The highest BCUT2D eigenvalue weighted by Gasteiger charge is 2.30. The number of carbonyl (C=O) groups is 2. The van der Waals surface area contributed by atoms with Crippen molar-refractivity contribution in [1.82, 2.24) is 9.88 Å². The fourth-order valence-corrected chi connectivity index (χ4v) is 2.60. The first-order chi connectivity index (χ1) is 9.68. The van der Waals surface area contributed by atoms with Gasteiger partial charge in [0.05, 0.1) is 0 Å². The number of carboxylic acid groups (broad SMARTS) is 1. The van der Waals surface area contributed by atoms with Gasteiger partial charge in [-0.15, -0.1) is 0 Å². The molecule has 2 heterocycles. The number of aryl methyl sites for hydroxylation is 1. The summed E-state index contributed by atoms with van der Waals surface area (Å²) in [6.45, 7) is 0.558. The zero-order valence-electron chi connectivity index (χ0n) is 11.5. The number of pyridine rings is 1. The maximum absolute atomic E-state index is 12.3. The van der Waals surface area contributed by atoms with Gasteiger partial charge in [-0.05, 0) is 30.9 Å². The maximum atomic E-state index is 12.3. The molecule has 0 aliphatic carbocycles. The van der Waals surface area contributed by atoms with Crippen molar-refractivity contribution in [2.75, 3.05) is 6.54 Å². The molecule has 108 valence electrons. The minimum atomic E-state index is -0.887. The van der Waals surface area contributed by atoms with E-state index in [1.54, 1.807) is 17.3 Å². The highest BCUT2D eigenvalue weighted by Crippen LogP contribution is 2.18. The number of aliphatic carboxylic acids is 1.